The zero-order valence-electron chi connectivity index (χ0n) is 28.3. The zero-order chi connectivity index (χ0) is 35.3. The van der Waals surface area contributed by atoms with Gasteiger partial charge in [0.2, 0.25) is 0 Å². The highest BCUT2D eigenvalue weighted by Crippen LogP contribution is 2.43. The number of amides is 1. The molecule has 1 amide bonds. The Hall–Kier alpha value is -3.61. The number of carbonyl (C=O) groups excluding carboxylic acids is 1. The molecule has 4 atom stereocenters. The number of halogens is 3. The minimum atomic E-state index is -1.19. The van der Waals surface area contributed by atoms with E-state index in [-0.39, 0.29) is 70.1 Å². The Kier molecular flexibility index (Phi) is 9.88. The first-order valence-electron chi connectivity index (χ1n) is 17.0. The summed E-state index contributed by atoms with van der Waals surface area (Å²) >= 11 is 13.6. The molecule has 0 aromatic heterocycles. The molecule has 7 rings (SSSR count). The van der Waals surface area contributed by atoms with Crippen molar-refractivity contribution in [2.45, 2.75) is 57.4 Å². The highest BCUT2D eigenvalue weighted by atomic mass is 35.5. The lowest BCUT2D eigenvalue weighted by molar-refractivity contribution is 0.0516. The van der Waals surface area contributed by atoms with Gasteiger partial charge in [0, 0.05) is 61.2 Å². The molecule has 2 bridgehead atoms. The predicted molar refractivity (Wildman–Crippen MR) is 190 cm³/mol. The summed E-state index contributed by atoms with van der Waals surface area (Å²) in [5, 5.41) is 10.5. The molecule has 2 unspecified atom stereocenters. The van der Waals surface area contributed by atoms with E-state index in [1.807, 2.05) is 6.07 Å². The van der Waals surface area contributed by atoms with Gasteiger partial charge in [-0.2, -0.15) is 0 Å². The molecular formula is C37H41Cl2FN4O6. The van der Waals surface area contributed by atoms with Gasteiger partial charge in [-0.25, -0.2) is 9.18 Å². The Balaban J connectivity index is 1.13. The topological polar surface area (TPSA) is 95.0 Å². The number of hydrogen-bond donors (Lipinski definition) is 1. The first-order valence-corrected chi connectivity index (χ1v) is 17.8. The molecule has 50 heavy (non-hydrogen) atoms. The maximum atomic E-state index is 15.8. The van der Waals surface area contributed by atoms with Crippen molar-refractivity contribution in [1.82, 2.24) is 9.80 Å². The number of nitrogens with zero attached hydrogens (tertiary/aromatic N) is 4. The summed E-state index contributed by atoms with van der Waals surface area (Å²) in [4.78, 5) is 34.4. The smallest absolute Gasteiger partial charge is 0.337 e. The monoisotopic (exact) mass is 726 g/mol. The largest absolute Gasteiger partial charge is 0.478 e. The van der Waals surface area contributed by atoms with Crippen LogP contribution in [0.3, 0.4) is 0 Å². The average molecular weight is 728 g/mol. The minimum absolute atomic E-state index is 0.0295. The molecule has 3 saturated heterocycles. The molecule has 4 aliphatic rings. The molecule has 10 nitrogen and oxygen atoms in total. The van der Waals surface area contributed by atoms with Crippen LogP contribution in [-0.4, -0.2) is 104 Å². The summed E-state index contributed by atoms with van der Waals surface area (Å²) in [5.74, 6) is -1.79. The van der Waals surface area contributed by atoms with Gasteiger partial charge in [-0.1, -0.05) is 41.4 Å². The predicted octanol–water partition coefficient (Wildman–Crippen LogP) is 6.40. The number of aromatic carboxylic acids is 1. The molecule has 0 saturated carbocycles. The number of carboxylic acids is 1. The number of ether oxygens (including phenoxy) is 3. The highest BCUT2D eigenvalue weighted by molar-refractivity contribution is 6.40. The molecule has 266 valence electrons. The van der Waals surface area contributed by atoms with Gasteiger partial charge in [-0.15, -0.1) is 0 Å². The van der Waals surface area contributed by atoms with Crippen molar-refractivity contribution in [2.24, 2.45) is 0 Å². The van der Waals surface area contributed by atoms with Crippen LogP contribution >= 0.6 is 23.2 Å². The summed E-state index contributed by atoms with van der Waals surface area (Å²) in [6.45, 7) is 8.53. The van der Waals surface area contributed by atoms with E-state index in [0.717, 1.165) is 44.2 Å². The molecule has 0 radical (unpaired) electrons. The highest BCUT2D eigenvalue weighted by Gasteiger charge is 2.40. The number of fused-ring (bicyclic) bond motifs is 3. The quantitative estimate of drug-likeness (QED) is 0.283. The summed E-state index contributed by atoms with van der Waals surface area (Å²) in [5.41, 5.74) is 2.83. The fourth-order valence-corrected chi connectivity index (χ4v) is 8.74. The van der Waals surface area contributed by atoms with Gasteiger partial charge >= 0.3 is 5.97 Å². The molecule has 13 heteroatoms. The molecule has 4 aliphatic heterocycles. The van der Waals surface area contributed by atoms with Crippen LogP contribution in [0, 0.1) is 5.82 Å². The van der Waals surface area contributed by atoms with E-state index in [0.29, 0.717) is 42.4 Å². The van der Waals surface area contributed by atoms with Gasteiger partial charge in [0.15, 0.2) is 6.73 Å². The Morgan fingerprint density at radius 2 is 1.68 bits per heavy atom. The Morgan fingerprint density at radius 1 is 1.00 bits per heavy atom. The lowest BCUT2D eigenvalue weighted by Crippen LogP contribution is -2.57. The van der Waals surface area contributed by atoms with Gasteiger partial charge in [-0.3, -0.25) is 9.69 Å². The van der Waals surface area contributed by atoms with E-state index in [2.05, 4.69) is 28.5 Å². The van der Waals surface area contributed by atoms with Gasteiger partial charge < -0.3 is 34.0 Å². The molecular weight excluding hydrogens is 686 g/mol. The number of piperazine rings is 1. The number of carboxylic acid groups (broad SMARTS) is 1. The second kappa shape index (κ2) is 14.2. The van der Waals surface area contributed by atoms with Gasteiger partial charge in [0.05, 0.1) is 65.3 Å². The molecule has 3 fully saturated rings. The van der Waals surface area contributed by atoms with Crippen molar-refractivity contribution in [1.29, 1.82) is 0 Å². The molecule has 1 N–H and O–H groups in total. The van der Waals surface area contributed by atoms with E-state index >= 15 is 4.39 Å². The van der Waals surface area contributed by atoms with Gasteiger partial charge in [0.25, 0.3) is 5.91 Å². The fraction of sp³-hybridized carbons (Fsp3) is 0.459. The number of carbonyl (C=O) groups is 2. The zero-order valence-corrected chi connectivity index (χ0v) is 29.8. The van der Waals surface area contributed by atoms with Crippen LogP contribution in [0.2, 0.25) is 10.0 Å². The fourth-order valence-electron chi connectivity index (χ4n) is 8.10. The molecule has 3 aromatic rings. The number of benzene rings is 3. The van der Waals surface area contributed by atoms with Crippen LogP contribution < -0.4 is 14.5 Å². The first kappa shape index (κ1) is 34.8. The third-order valence-corrected chi connectivity index (χ3v) is 11.1. The van der Waals surface area contributed by atoms with Crippen molar-refractivity contribution < 1.29 is 33.3 Å². The maximum Gasteiger partial charge on any atom is 0.337 e. The lowest BCUT2D eigenvalue weighted by atomic mass is 9.96. The van der Waals surface area contributed by atoms with Gasteiger partial charge in [-0.05, 0) is 51.0 Å². The third-order valence-electron chi connectivity index (χ3n) is 10.5. The van der Waals surface area contributed by atoms with Crippen molar-refractivity contribution in [3.8, 4) is 16.9 Å². The van der Waals surface area contributed by atoms with E-state index in [4.69, 9.17) is 37.4 Å². The van der Waals surface area contributed by atoms with Crippen LogP contribution in [0.5, 0.6) is 5.75 Å². The van der Waals surface area contributed by atoms with E-state index in [1.54, 1.807) is 37.4 Å². The Bertz CT molecular complexity index is 1760. The number of rotatable bonds is 8. The summed E-state index contributed by atoms with van der Waals surface area (Å²) < 4.78 is 32.9. The Labute approximate surface area is 301 Å². The second-order valence-corrected chi connectivity index (χ2v) is 14.5. The van der Waals surface area contributed by atoms with E-state index < -0.39 is 11.8 Å². The first-order chi connectivity index (χ1) is 24.0. The van der Waals surface area contributed by atoms with Crippen molar-refractivity contribution in [3.05, 3.63) is 75.0 Å². The van der Waals surface area contributed by atoms with Crippen LogP contribution in [0.25, 0.3) is 11.1 Å². The number of morpholine rings is 1. The normalized spacial score (nSPS) is 23.5. The van der Waals surface area contributed by atoms with Crippen molar-refractivity contribution in [3.63, 3.8) is 0 Å². The molecule has 4 heterocycles. The van der Waals surface area contributed by atoms with Crippen LogP contribution in [0.4, 0.5) is 15.8 Å². The molecule has 0 spiro atoms. The van der Waals surface area contributed by atoms with Crippen molar-refractivity contribution in [2.75, 3.05) is 63.1 Å². The number of para-hydroxylation sites is 1. The summed E-state index contributed by atoms with van der Waals surface area (Å²) in [6.07, 6.45) is 1.76. The molecule has 3 aromatic carbocycles. The van der Waals surface area contributed by atoms with Crippen LogP contribution in [0.15, 0.2) is 42.5 Å². The average Bonchev–Trinajstić information content (AvgIpc) is 3.33. The molecule has 0 aliphatic carbocycles. The number of anilines is 2. The van der Waals surface area contributed by atoms with E-state index in [1.165, 1.54) is 4.90 Å². The van der Waals surface area contributed by atoms with Crippen LogP contribution in [0.1, 0.15) is 53.0 Å². The SMILES string of the molecule is COCCN1[C@H](C)CN(c2cc(Cl)c(C(=O)N3COc4c(cccc4-c4cc(N5C6CCC5COC6)c(C(=O)O)cc4F)C3)c(Cl)c2)C[C@@H]1C. The Morgan fingerprint density at radius 3 is 2.32 bits per heavy atom. The number of methoxy groups -OCH3 is 1. The standard InChI is InChI=1S/C37H41Cl2FN4O6/c1-21-15-41(16-22(2)43(21)9-10-48-3)26-11-30(38)34(31(39)12-26)36(45)42-17-23-5-4-6-27(35(23)50-20-42)28-14-33(29(37(46)47)13-32(28)40)44-24-7-8-25(44)19-49-18-24/h4-6,11-14,21-22,24-25H,7-10,15-20H2,1-3H3,(H,46,47)/t21-,22+,24?,25?. The minimum Gasteiger partial charge on any atom is -0.478 e. The maximum absolute atomic E-state index is 15.8. The summed E-state index contributed by atoms with van der Waals surface area (Å²) in [7, 11) is 1.71. The third kappa shape index (κ3) is 6.39. The lowest BCUT2D eigenvalue weighted by Gasteiger charge is -2.45. The number of hydrogen-bond acceptors (Lipinski definition) is 8. The van der Waals surface area contributed by atoms with Gasteiger partial charge in [0.1, 0.15) is 11.6 Å². The van der Waals surface area contributed by atoms with Crippen LogP contribution in [-0.2, 0) is 16.0 Å². The van der Waals surface area contributed by atoms with E-state index in [9.17, 15) is 14.7 Å². The van der Waals surface area contributed by atoms with Crippen molar-refractivity contribution >= 4 is 46.5 Å². The second-order valence-electron chi connectivity index (χ2n) is 13.7. The summed E-state index contributed by atoms with van der Waals surface area (Å²) in [6, 6.07) is 12.3.